The Morgan fingerprint density at radius 2 is 2.12 bits per heavy atom. The second kappa shape index (κ2) is 5.85. The van der Waals surface area contributed by atoms with E-state index in [1.165, 1.54) is 21.9 Å². The fourth-order valence-corrected chi connectivity index (χ4v) is 3.10. The summed E-state index contributed by atoms with van der Waals surface area (Å²) in [5, 5.41) is 12.6. The summed E-state index contributed by atoms with van der Waals surface area (Å²) in [5.74, 6) is 0.302. The molecule has 9 heteroatoms. The third-order valence-electron chi connectivity index (χ3n) is 3.61. The third kappa shape index (κ3) is 2.44. The van der Waals surface area contributed by atoms with Gasteiger partial charge in [0.1, 0.15) is 11.4 Å². The van der Waals surface area contributed by atoms with Crippen molar-refractivity contribution in [2.45, 2.75) is 6.42 Å². The van der Waals surface area contributed by atoms with Gasteiger partial charge in [0.15, 0.2) is 10.6 Å². The van der Waals surface area contributed by atoms with Crippen LogP contribution in [-0.4, -0.2) is 36.4 Å². The molecule has 0 atom stereocenters. The van der Waals surface area contributed by atoms with Gasteiger partial charge in [-0.2, -0.15) is 0 Å². The highest BCUT2D eigenvalue weighted by atomic mass is 32.1. The zero-order valence-corrected chi connectivity index (χ0v) is 13.2. The number of amides is 1. The number of aromatic nitrogens is 5. The second-order valence-corrected chi connectivity index (χ2v) is 5.96. The molecule has 0 radical (unpaired) electrons. The maximum Gasteiger partial charge on any atom is 0.271 e. The van der Waals surface area contributed by atoms with Gasteiger partial charge in [-0.1, -0.05) is 6.07 Å². The first-order chi connectivity index (χ1) is 11.7. The Labute approximate surface area is 139 Å². The van der Waals surface area contributed by atoms with Gasteiger partial charge < -0.3 is 5.32 Å². The van der Waals surface area contributed by atoms with Gasteiger partial charge >= 0.3 is 0 Å². The summed E-state index contributed by atoms with van der Waals surface area (Å²) in [5.41, 5.74) is 0.410. The van der Waals surface area contributed by atoms with Crippen LogP contribution in [0.2, 0.25) is 0 Å². The van der Waals surface area contributed by atoms with Crippen molar-refractivity contribution in [1.29, 1.82) is 0 Å². The average molecular weight is 340 g/mol. The van der Waals surface area contributed by atoms with E-state index in [0.29, 0.717) is 17.9 Å². The zero-order chi connectivity index (χ0) is 16.5. The molecular formula is C15H12N6O2S. The molecule has 24 heavy (non-hydrogen) atoms. The third-order valence-corrected chi connectivity index (χ3v) is 4.38. The number of nitrogens with one attached hydrogen (secondary N) is 1. The average Bonchev–Trinajstić information content (AvgIpc) is 3.23. The SMILES string of the molecule is O=C(NCCc1nnc2ccccn12)c1cnc2sccn2c1=O. The van der Waals surface area contributed by atoms with E-state index >= 15 is 0 Å². The highest BCUT2D eigenvalue weighted by Gasteiger charge is 2.14. The van der Waals surface area contributed by atoms with Crippen LogP contribution < -0.4 is 10.9 Å². The molecule has 0 saturated heterocycles. The van der Waals surface area contributed by atoms with Gasteiger partial charge in [0, 0.05) is 36.9 Å². The van der Waals surface area contributed by atoms with Gasteiger partial charge in [0.05, 0.1) is 0 Å². The molecule has 0 fully saturated rings. The number of nitrogens with zero attached hydrogens (tertiary/aromatic N) is 5. The summed E-state index contributed by atoms with van der Waals surface area (Å²) in [6.07, 6.45) is 5.30. The second-order valence-electron chi connectivity index (χ2n) is 5.08. The molecule has 120 valence electrons. The zero-order valence-electron chi connectivity index (χ0n) is 12.4. The topological polar surface area (TPSA) is 93.7 Å². The lowest BCUT2D eigenvalue weighted by Gasteiger charge is -2.04. The molecule has 0 bridgehead atoms. The first-order valence-corrected chi connectivity index (χ1v) is 8.14. The molecular weight excluding hydrogens is 328 g/mol. The maximum absolute atomic E-state index is 12.2. The molecule has 1 N–H and O–H groups in total. The van der Waals surface area contributed by atoms with E-state index < -0.39 is 5.91 Å². The van der Waals surface area contributed by atoms with Crippen LogP contribution in [0, 0.1) is 0 Å². The molecule has 0 unspecified atom stereocenters. The summed E-state index contributed by atoms with van der Waals surface area (Å²) in [7, 11) is 0. The molecule has 1 amide bonds. The van der Waals surface area contributed by atoms with E-state index in [0.717, 1.165) is 11.5 Å². The molecule has 0 saturated carbocycles. The van der Waals surface area contributed by atoms with Crippen molar-refractivity contribution in [3.63, 3.8) is 0 Å². The van der Waals surface area contributed by atoms with Crippen molar-refractivity contribution in [3.05, 3.63) is 63.9 Å². The van der Waals surface area contributed by atoms with E-state index in [4.69, 9.17) is 0 Å². The quantitative estimate of drug-likeness (QED) is 0.592. The standard InChI is InChI=1S/C15H12N6O2S/c22-13(10-9-17-15-21(14(10)23)7-8-24-15)16-5-4-12-19-18-11-3-1-2-6-20(11)12/h1-3,6-9H,4-5H2,(H,16,22). The van der Waals surface area contributed by atoms with Crippen LogP contribution in [0.4, 0.5) is 0 Å². The lowest BCUT2D eigenvalue weighted by atomic mass is 10.3. The number of hydrogen-bond donors (Lipinski definition) is 1. The molecule has 4 rings (SSSR count). The first kappa shape index (κ1) is 14.5. The molecule has 4 heterocycles. The summed E-state index contributed by atoms with van der Waals surface area (Å²) in [6, 6.07) is 5.63. The molecule has 4 aromatic rings. The minimum atomic E-state index is -0.443. The predicted molar refractivity (Wildman–Crippen MR) is 88.4 cm³/mol. The van der Waals surface area contributed by atoms with E-state index in [9.17, 15) is 9.59 Å². The number of pyridine rings is 1. The number of carbonyl (C=O) groups excluding carboxylic acids is 1. The van der Waals surface area contributed by atoms with Crippen molar-refractivity contribution in [1.82, 2.24) is 29.3 Å². The van der Waals surface area contributed by atoms with Gasteiger partial charge in [-0.3, -0.25) is 18.4 Å². The Kier molecular flexibility index (Phi) is 3.54. The number of carbonyl (C=O) groups is 1. The highest BCUT2D eigenvalue weighted by molar-refractivity contribution is 7.15. The van der Waals surface area contributed by atoms with Crippen molar-refractivity contribution in [2.24, 2.45) is 0 Å². The monoisotopic (exact) mass is 340 g/mol. The van der Waals surface area contributed by atoms with E-state index in [1.54, 1.807) is 11.6 Å². The highest BCUT2D eigenvalue weighted by Crippen LogP contribution is 2.06. The van der Waals surface area contributed by atoms with Crippen molar-refractivity contribution in [3.8, 4) is 0 Å². The van der Waals surface area contributed by atoms with Crippen LogP contribution in [0.25, 0.3) is 10.6 Å². The Hall–Kier alpha value is -3.07. The first-order valence-electron chi connectivity index (χ1n) is 7.26. The van der Waals surface area contributed by atoms with Gasteiger partial charge in [-0.15, -0.1) is 21.5 Å². The number of rotatable bonds is 4. The Morgan fingerprint density at radius 1 is 1.21 bits per heavy atom. The predicted octanol–water partition coefficient (Wildman–Crippen LogP) is 0.771. The van der Waals surface area contributed by atoms with Gasteiger partial charge in [-0.05, 0) is 12.1 Å². The minimum absolute atomic E-state index is 0.0250. The minimum Gasteiger partial charge on any atom is -0.351 e. The maximum atomic E-state index is 12.2. The summed E-state index contributed by atoms with van der Waals surface area (Å²) in [6.45, 7) is 0.348. The fraction of sp³-hybridized carbons (Fsp3) is 0.133. The van der Waals surface area contributed by atoms with E-state index in [1.807, 2.05) is 28.8 Å². The molecule has 4 aromatic heterocycles. The summed E-state index contributed by atoms with van der Waals surface area (Å²) >= 11 is 1.34. The van der Waals surface area contributed by atoms with Gasteiger partial charge in [0.25, 0.3) is 11.5 Å². The van der Waals surface area contributed by atoms with Crippen LogP contribution in [0.5, 0.6) is 0 Å². The number of fused-ring (bicyclic) bond motifs is 2. The Bertz CT molecular complexity index is 1100. The smallest absolute Gasteiger partial charge is 0.271 e. The molecule has 0 aliphatic rings. The van der Waals surface area contributed by atoms with Crippen LogP contribution in [0.15, 0.2) is 47.0 Å². The summed E-state index contributed by atoms with van der Waals surface area (Å²) < 4.78 is 3.23. The van der Waals surface area contributed by atoms with Crippen molar-refractivity contribution in [2.75, 3.05) is 6.54 Å². The van der Waals surface area contributed by atoms with E-state index in [-0.39, 0.29) is 11.1 Å². The normalized spacial score (nSPS) is 11.2. The van der Waals surface area contributed by atoms with Crippen LogP contribution in [0.1, 0.15) is 16.2 Å². The molecule has 0 aliphatic heterocycles. The Morgan fingerprint density at radius 3 is 3.04 bits per heavy atom. The largest absolute Gasteiger partial charge is 0.351 e. The molecule has 0 spiro atoms. The lowest BCUT2D eigenvalue weighted by molar-refractivity contribution is 0.0952. The fourth-order valence-electron chi connectivity index (χ4n) is 2.42. The van der Waals surface area contributed by atoms with Crippen LogP contribution in [-0.2, 0) is 6.42 Å². The van der Waals surface area contributed by atoms with Crippen molar-refractivity contribution >= 4 is 27.9 Å². The van der Waals surface area contributed by atoms with Gasteiger partial charge in [0.2, 0.25) is 0 Å². The van der Waals surface area contributed by atoms with Crippen LogP contribution >= 0.6 is 11.3 Å². The van der Waals surface area contributed by atoms with E-state index in [2.05, 4.69) is 20.5 Å². The number of hydrogen-bond acceptors (Lipinski definition) is 6. The molecule has 8 nitrogen and oxygen atoms in total. The number of thiazole rings is 1. The molecule has 0 aromatic carbocycles. The summed E-state index contributed by atoms with van der Waals surface area (Å²) in [4.78, 5) is 29.1. The van der Waals surface area contributed by atoms with Crippen LogP contribution in [0.3, 0.4) is 0 Å². The molecule has 0 aliphatic carbocycles. The van der Waals surface area contributed by atoms with Crippen molar-refractivity contribution < 1.29 is 4.79 Å². The van der Waals surface area contributed by atoms with Gasteiger partial charge in [-0.25, -0.2) is 4.98 Å². The Balaban J connectivity index is 1.48. The lowest BCUT2D eigenvalue weighted by Crippen LogP contribution is -2.32.